The number of carbonyl (C=O) groups is 3. The van der Waals surface area contributed by atoms with E-state index in [0.717, 1.165) is 16.9 Å². The molecule has 0 bridgehead atoms. The van der Waals surface area contributed by atoms with Crippen molar-refractivity contribution in [1.82, 2.24) is 10.2 Å². The van der Waals surface area contributed by atoms with Gasteiger partial charge in [-0.25, -0.2) is 4.79 Å². The number of nitrogens with one attached hydrogen (secondary N) is 1. The number of anilines is 1. The Labute approximate surface area is 209 Å². The molecule has 1 fully saturated rings. The predicted molar refractivity (Wildman–Crippen MR) is 134 cm³/mol. The molecule has 0 saturated carbocycles. The van der Waals surface area contributed by atoms with E-state index in [0.29, 0.717) is 42.5 Å². The number of rotatable bonds is 6. The summed E-state index contributed by atoms with van der Waals surface area (Å²) in [5.41, 5.74) is 0.844. The Bertz CT molecular complexity index is 1280. The normalized spacial score (nSPS) is 19.0. The van der Waals surface area contributed by atoms with Crippen molar-refractivity contribution in [3.05, 3.63) is 90.0 Å². The van der Waals surface area contributed by atoms with Crippen LogP contribution in [0.2, 0.25) is 0 Å². The van der Waals surface area contributed by atoms with E-state index in [-0.39, 0.29) is 12.5 Å². The minimum atomic E-state index is -1.33. The number of benzene rings is 3. The molecule has 8 heteroatoms. The van der Waals surface area contributed by atoms with Crippen molar-refractivity contribution in [3.8, 4) is 11.5 Å². The maximum Gasteiger partial charge on any atom is 0.325 e. The fourth-order valence-electron chi connectivity index (χ4n) is 4.43. The maximum absolute atomic E-state index is 13.5. The summed E-state index contributed by atoms with van der Waals surface area (Å²) in [7, 11) is 0. The third-order valence-electron chi connectivity index (χ3n) is 6.45. The van der Waals surface area contributed by atoms with Gasteiger partial charge in [-0.3, -0.25) is 14.5 Å². The van der Waals surface area contributed by atoms with Crippen LogP contribution in [-0.2, 0) is 21.7 Å². The summed E-state index contributed by atoms with van der Waals surface area (Å²) in [4.78, 5) is 42.5. The molecule has 0 aromatic heterocycles. The van der Waals surface area contributed by atoms with Crippen LogP contribution >= 0.6 is 0 Å². The molecule has 0 spiro atoms. The number of urea groups is 1. The first-order valence-electron chi connectivity index (χ1n) is 11.9. The molecule has 2 aliphatic heterocycles. The standard InChI is InChI=1S/C28H27N3O5/c1-28(21-13-14-23-24(17-21)36-16-8-15-35-23)26(33)31(27(34)29-28)19-25(32)30(22-11-6-3-7-12-22)18-20-9-4-2-5-10-20/h2-7,9-14,17H,8,15-16,18-19H2,1H3,(H,29,34). The van der Waals surface area contributed by atoms with Crippen molar-refractivity contribution in [2.24, 2.45) is 0 Å². The largest absolute Gasteiger partial charge is 0.490 e. The van der Waals surface area contributed by atoms with Crippen LogP contribution in [0.5, 0.6) is 11.5 Å². The van der Waals surface area contributed by atoms with Crippen molar-refractivity contribution in [1.29, 1.82) is 0 Å². The van der Waals surface area contributed by atoms with Crippen molar-refractivity contribution >= 4 is 23.5 Å². The number of hydrogen-bond acceptors (Lipinski definition) is 5. The van der Waals surface area contributed by atoms with Gasteiger partial charge in [0.25, 0.3) is 5.91 Å². The summed E-state index contributed by atoms with van der Waals surface area (Å²) in [5.74, 6) is 0.267. The lowest BCUT2D eigenvalue weighted by molar-refractivity contribution is -0.134. The fourth-order valence-corrected chi connectivity index (χ4v) is 4.43. The minimum Gasteiger partial charge on any atom is -0.490 e. The molecular formula is C28H27N3O5. The Morgan fingerprint density at radius 2 is 1.61 bits per heavy atom. The van der Waals surface area contributed by atoms with Gasteiger partial charge in [-0.05, 0) is 42.3 Å². The van der Waals surface area contributed by atoms with Crippen LogP contribution in [-0.4, -0.2) is 42.5 Å². The molecular weight excluding hydrogens is 458 g/mol. The zero-order chi connectivity index (χ0) is 25.1. The Morgan fingerprint density at radius 3 is 2.33 bits per heavy atom. The second-order valence-electron chi connectivity index (χ2n) is 8.96. The van der Waals surface area contributed by atoms with Gasteiger partial charge in [0.05, 0.1) is 19.8 Å². The van der Waals surface area contributed by atoms with Gasteiger partial charge in [0, 0.05) is 12.1 Å². The number of fused-ring (bicyclic) bond motifs is 1. The molecule has 184 valence electrons. The number of imide groups is 1. The molecule has 0 aliphatic carbocycles. The summed E-state index contributed by atoms with van der Waals surface area (Å²) in [6, 6.07) is 23.4. The van der Waals surface area contributed by atoms with Gasteiger partial charge in [0.1, 0.15) is 12.1 Å². The highest BCUT2D eigenvalue weighted by Gasteiger charge is 2.50. The van der Waals surface area contributed by atoms with E-state index >= 15 is 0 Å². The Morgan fingerprint density at radius 1 is 0.944 bits per heavy atom. The van der Waals surface area contributed by atoms with Crippen LogP contribution < -0.4 is 19.7 Å². The average molecular weight is 486 g/mol. The van der Waals surface area contributed by atoms with E-state index in [1.54, 1.807) is 30.0 Å². The lowest BCUT2D eigenvalue weighted by Crippen LogP contribution is -2.44. The summed E-state index contributed by atoms with van der Waals surface area (Å²) in [5, 5.41) is 2.77. The molecule has 36 heavy (non-hydrogen) atoms. The summed E-state index contributed by atoms with van der Waals surface area (Å²) < 4.78 is 11.4. The first kappa shape index (κ1) is 23.4. The molecule has 5 rings (SSSR count). The van der Waals surface area contributed by atoms with Crippen LogP contribution in [0.25, 0.3) is 0 Å². The highest BCUT2D eigenvalue weighted by Crippen LogP contribution is 2.36. The number of para-hydroxylation sites is 1. The molecule has 3 aromatic carbocycles. The number of carbonyl (C=O) groups excluding carboxylic acids is 3. The molecule has 3 aromatic rings. The predicted octanol–water partition coefficient (Wildman–Crippen LogP) is 3.85. The fraction of sp³-hybridized carbons (Fsp3) is 0.250. The van der Waals surface area contributed by atoms with E-state index in [4.69, 9.17) is 9.47 Å². The van der Waals surface area contributed by atoms with Gasteiger partial charge in [0.15, 0.2) is 11.5 Å². The van der Waals surface area contributed by atoms with Crippen LogP contribution in [0.1, 0.15) is 24.5 Å². The first-order valence-corrected chi connectivity index (χ1v) is 11.9. The van der Waals surface area contributed by atoms with Crippen molar-refractivity contribution < 1.29 is 23.9 Å². The SMILES string of the molecule is CC1(c2ccc3c(c2)OCCCO3)NC(=O)N(CC(=O)N(Cc2ccccc2)c2ccccc2)C1=O. The molecule has 1 saturated heterocycles. The lowest BCUT2D eigenvalue weighted by Gasteiger charge is -2.26. The van der Waals surface area contributed by atoms with Crippen LogP contribution in [0, 0.1) is 0 Å². The minimum absolute atomic E-state index is 0.312. The Kier molecular flexibility index (Phi) is 6.33. The molecule has 1 atom stereocenters. The van der Waals surface area contributed by atoms with Gasteiger partial charge < -0.3 is 19.7 Å². The van der Waals surface area contributed by atoms with Gasteiger partial charge >= 0.3 is 6.03 Å². The molecule has 2 aliphatic rings. The zero-order valence-electron chi connectivity index (χ0n) is 20.0. The molecule has 1 unspecified atom stereocenters. The maximum atomic E-state index is 13.5. The molecule has 2 heterocycles. The summed E-state index contributed by atoms with van der Waals surface area (Å²) in [6.07, 6.45) is 0.758. The Hall–Kier alpha value is -4.33. The van der Waals surface area contributed by atoms with Gasteiger partial charge in [0.2, 0.25) is 5.91 Å². The monoisotopic (exact) mass is 485 g/mol. The molecule has 4 amide bonds. The Balaban J connectivity index is 1.39. The first-order chi connectivity index (χ1) is 17.5. The van der Waals surface area contributed by atoms with Gasteiger partial charge in [-0.15, -0.1) is 0 Å². The topological polar surface area (TPSA) is 88.2 Å². The van der Waals surface area contributed by atoms with E-state index in [9.17, 15) is 14.4 Å². The molecule has 0 radical (unpaired) electrons. The zero-order valence-corrected chi connectivity index (χ0v) is 20.0. The molecule has 8 nitrogen and oxygen atoms in total. The second-order valence-corrected chi connectivity index (χ2v) is 8.96. The number of hydrogen-bond donors (Lipinski definition) is 1. The van der Waals surface area contributed by atoms with E-state index in [1.165, 1.54) is 0 Å². The van der Waals surface area contributed by atoms with Crippen LogP contribution in [0.15, 0.2) is 78.9 Å². The van der Waals surface area contributed by atoms with Crippen molar-refractivity contribution in [2.75, 3.05) is 24.7 Å². The number of ether oxygens (including phenoxy) is 2. The lowest BCUT2D eigenvalue weighted by atomic mass is 9.91. The van der Waals surface area contributed by atoms with Crippen LogP contribution in [0.4, 0.5) is 10.5 Å². The van der Waals surface area contributed by atoms with E-state index < -0.39 is 17.5 Å². The number of nitrogens with zero attached hydrogens (tertiary/aromatic N) is 2. The highest BCUT2D eigenvalue weighted by molar-refractivity contribution is 6.10. The van der Waals surface area contributed by atoms with Crippen molar-refractivity contribution in [3.63, 3.8) is 0 Å². The van der Waals surface area contributed by atoms with Gasteiger partial charge in [-0.1, -0.05) is 54.6 Å². The van der Waals surface area contributed by atoms with E-state index in [2.05, 4.69) is 5.32 Å². The quantitative estimate of drug-likeness (QED) is 0.536. The van der Waals surface area contributed by atoms with Gasteiger partial charge in [-0.2, -0.15) is 0 Å². The van der Waals surface area contributed by atoms with Crippen LogP contribution in [0.3, 0.4) is 0 Å². The highest BCUT2D eigenvalue weighted by atomic mass is 16.5. The summed E-state index contributed by atoms with van der Waals surface area (Å²) >= 11 is 0. The summed E-state index contributed by atoms with van der Waals surface area (Å²) in [6.45, 7) is 2.62. The van der Waals surface area contributed by atoms with E-state index in [1.807, 2.05) is 60.7 Å². The third-order valence-corrected chi connectivity index (χ3v) is 6.45. The third kappa shape index (κ3) is 4.49. The van der Waals surface area contributed by atoms with Crippen molar-refractivity contribution in [2.45, 2.75) is 25.4 Å². The molecule has 1 N–H and O–H groups in total. The number of amides is 4. The second kappa shape index (κ2) is 9.73. The smallest absolute Gasteiger partial charge is 0.325 e. The average Bonchev–Trinajstić information content (AvgIpc) is 3.05.